The molecule has 6 heteroatoms. The summed E-state index contributed by atoms with van der Waals surface area (Å²) >= 11 is 3.37. The van der Waals surface area contributed by atoms with Crippen molar-refractivity contribution in [2.75, 3.05) is 18.9 Å². The third-order valence-corrected chi connectivity index (χ3v) is 3.89. The van der Waals surface area contributed by atoms with E-state index in [9.17, 15) is 9.59 Å². The molecule has 0 saturated heterocycles. The van der Waals surface area contributed by atoms with E-state index in [0.29, 0.717) is 0 Å². The Morgan fingerprint density at radius 1 is 1.38 bits per heavy atom. The standard InChI is InChI=1S/C15H22BrN3O2/c1-9-7-12(16)5-6-13(9)18-14(20)8-19(4)15(21)10(2)11(3)17/h5-7,10-11H,8,17H2,1-4H3,(H,18,20). The molecule has 1 aromatic carbocycles. The third-order valence-electron chi connectivity index (χ3n) is 3.40. The van der Waals surface area contributed by atoms with Crippen LogP contribution in [-0.2, 0) is 9.59 Å². The lowest BCUT2D eigenvalue weighted by Gasteiger charge is -2.23. The molecular formula is C15H22BrN3O2. The van der Waals surface area contributed by atoms with Gasteiger partial charge in [0.1, 0.15) is 0 Å². The molecule has 0 heterocycles. The van der Waals surface area contributed by atoms with Gasteiger partial charge in [0, 0.05) is 23.2 Å². The van der Waals surface area contributed by atoms with Gasteiger partial charge >= 0.3 is 0 Å². The fourth-order valence-electron chi connectivity index (χ4n) is 1.82. The van der Waals surface area contributed by atoms with Crippen molar-refractivity contribution >= 4 is 33.4 Å². The molecule has 3 N–H and O–H groups in total. The Kier molecular flexibility index (Phi) is 6.36. The molecular weight excluding hydrogens is 334 g/mol. The minimum atomic E-state index is -0.308. The van der Waals surface area contributed by atoms with Crippen LogP contribution in [0.5, 0.6) is 0 Å². The fraction of sp³-hybridized carbons (Fsp3) is 0.467. The molecule has 0 aliphatic heterocycles. The van der Waals surface area contributed by atoms with Crippen LogP contribution in [0.15, 0.2) is 22.7 Å². The highest BCUT2D eigenvalue weighted by Gasteiger charge is 2.22. The van der Waals surface area contributed by atoms with Crippen LogP contribution in [0.1, 0.15) is 19.4 Å². The monoisotopic (exact) mass is 355 g/mol. The smallest absolute Gasteiger partial charge is 0.243 e. The van der Waals surface area contributed by atoms with Crippen LogP contribution >= 0.6 is 15.9 Å². The number of halogens is 1. The first-order valence-electron chi connectivity index (χ1n) is 6.79. The van der Waals surface area contributed by atoms with Crippen molar-refractivity contribution in [1.82, 2.24) is 4.90 Å². The normalized spacial score (nSPS) is 13.4. The van der Waals surface area contributed by atoms with Gasteiger partial charge < -0.3 is 16.0 Å². The molecule has 0 aliphatic rings. The molecule has 2 amide bonds. The highest BCUT2D eigenvalue weighted by atomic mass is 79.9. The molecule has 0 fully saturated rings. The zero-order valence-corrected chi connectivity index (χ0v) is 14.4. The summed E-state index contributed by atoms with van der Waals surface area (Å²) in [5.41, 5.74) is 7.40. The molecule has 0 aromatic heterocycles. The molecule has 0 saturated carbocycles. The van der Waals surface area contributed by atoms with Crippen molar-refractivity contribution in [3.05, 3.63) is 28.2 Å². The van der Waals surface area contributed by atoms with E-state index in [1.807, 2.05) is 25.1 Å². The topological polar surface area (TPSA) is 75.4 Å². The number of rotatable bonds is 5. The average molecular weight is 356 g/mol. The van der Waals surface area contributed by atoms with Crippen molar-refractivity contribution in [2.45, 2.75) is 26.8 Å². The maximum absolute atomic E-state index is 12.0. The van der Waals surface area contributed by atoms with Gasteiger partial charge in [-0.05, 0) is 37.6 Å². The van der Waals surface area contributed by atoms with Crippen LogP contribution in [0.2, 0.25) is 0 Å². The predicted octanol–water partition coefficient (Wildman–Crippen LogP) is 2.14. The first-order chi connectivity index (χ1) is 9.72. The average Bonchev–Trinajstić information content (AvgIpc) is 2.40. The largest absolute Gasteiger partial charge is 0.336 e. The quantitative estimate of drug-likeness (QED) is 0.849. The number of hydrogen-bond donors (Lipinski definition) is 2. The Hall–Kier alpha value is -1.40. The van der Waals surface area contributed by atoms with E-state index in [2.05, 4.69) is 21.2 Å². The van der Waals surface area contributed by atoms with Gasteiger partial charge in [-0.25, -0.2) is 0 Å². The Morgan fingerprint density at radius 2 is 2.00 bits per heavy atom. The zero-order valence-electron chi connectivity index (χ0n) is 12.8. The van der Waals surface area contributed by atoms with Crippen molar-refractivity contribution in [3.63, 3.8) is 0 Å². The molecule has 2 unspecified atom stereocenters. The molecule has 1 rings (SSSR count). The molecule has 116 valence electrons. The van der Waals surface area contributed by atoms with Crippen molar-refractivity contribution in [1.29, 1.82) is 0 Å². The maximum Gasteiger partial charge on any atom is 0.243 e. The van der Waals surface area contributed by atoms with Crippen molar-refractivity contribution in [2.24, 2.45) is 11.7 Å². The molecule has 1 aromatic rings. The molecule has 0 aliphatic carbocycles. The first kappa shape index (κ1) is 17.7. The summed E-state index contributed by atoms with van der Waals surface area (Å²) in [5, 5.41) is 2.81. The number of benzene rings is 1. The van der Waals surface area contributed by atoms with Gasteiger partial charge in [0.15, 0.2) is 0 Å². The number of hydrogen-bond acceptors (Lipinski definition) is 3. The van der Waals surface area contributed by atoms with Gasteiger partial charge in [-0.2, -0.15) is 0 Å². The number of nitrogens with zero attached hydrogens (tertiary/aromatic N) is 1. The number of likely N-dealkylation sites (N-methyl/N-ethyl adjacent to an activating group) is 1. The van der Waals surface area contributed by atoms with E-state index in [1.54, 1.807) is 20.9 Å². The summed E-state index contributed by atoms with van der Waals surface area (Å²) in [7, 11) is 1.61. The number of anilines is 1. The molecule has 2 atom stereocenters. The van der Waals surface area contributed by atoms with E-state index in [0.717, 1.165) is 15.7 Å². The minimum Gasteiger partial charge on any atom is -0.336 e. The summed E-state index contributed by atoms with van der Waals surface area (Å²) in [6.45, 7) is 5.46. The third kappa shape index (κ3) is 5.13. The summed E-state index contributed by atoms with van der Waals surface area (Å²) in [6, 6.07) is 5.36. The van der Waals surface area contributed by atoms with Crippen LogP contribution in [0, 0.1) is 12.8 Å². The SMILES string of the molecule is Cc1cc(Br)ccc1NC(=O)CN(C)C(=O)C(C)C(C)N. The molecule has 0 radical (unpaired) electrons. The van der Waals surface area contributed by atoms with E-state index in [1.165, 1.54) is 4.90 Å². The van der Waals surface area contributed by atoms with Crippen molar-refractivity contribution in [3.8, 4) is 0 Å². The highest BCUT2D eigenvalue weighted by Crippen LogP contribution is 2.20. The van der Waals surface area contributed by atoms with Gasteiger partial charge in [0.05, 0.1) is 12.5 Å². The summed E-state index contributed by atoms with van der Waals surface area (Å²) < 4.78 is 0.955. The second-order valence-corrected chi connectivity index (χ2v) is 6.27. The number of nitrogens with two attached hydrogens (primary N) is 1. The second kappa shape index (κ2) is 7.56. The Morgan fingerprint density at radius 3 is 2.52 bits per heavy atom. The van der Waals surface area contributed by atoms with E-state index < -0.39 is 0 Å². The lowest BCUT2D eigenvalue weighted by Crippen LogP contribution is -2.42. The van der Waals surface area contributed by atoms with Crippen LogP contribution in [0.25, 0.3) is 0 Å². The minimum absolute atomic E-state index is 0.00535. The highest BCUT2D eigenvalue weighted by molar-refractivity contribution is 9.10. The number of carbonyl (C=O) groups excluding carboxylic acids is 2. The maximum atomic E-state index is 12.0. The Balaban J connectivity index is 2.63. The zero-order chi connectivity index (χ0) is 16.2. The van der Waals surface area contributed by atoms with Crippen LogP contribution < -0.4 is 11.1 Å². The van der Waals surface area contributed by atoms with Gasteiger partial charge in [-0.1, -0.05) is 22.9 Å². The van der Waals surface area contributed by atoms with Crippen molar-refractivity contribution < 1.29 is 9.59 Å². The Labute approximate surface area is 134 Å². The van der Waals surface area contributed by atoms with Crippen LogP contribution in [0.4, 0.5) is 5.69 Å². The first-order valence-corrected chi connectivity index (χ1v) is 7.58. The van der Waals surface area contributed by atoms with Gasteiger partial charge in [0.25, 0.3) is 0 Å². The number of carbonyl (C=O) groups is 2. The predicted molar refractivity (Wildman–Crippen MR) is 88.0 cm³/mol. The number of aryl methyl sites for hydroxylation is 1. The lowest BCUT2D eigenvalue weighted by atomic mass is 10.0. The fourth-order valence-corrected chi connectivity index (χ4v) is 2.30. The summed E-state index contributed by atoms with van der Waals surface area (Å²) in [5.74, 6) is -0.668. The van der Waals surface area contributed by atoms with E-state index >= 15 is 0 Å². The number of nitrogens with one attached hydrogen (secondary N) is 1. The molecule has 5 nitrogen and oxygen atoms in total. The number of amides is 2. The molecule has 21 heavy (non-hydrogen) atoms. The summed E-state index contributed by atoms with van der Waals surface area (Å²) in [6.07, 6.45) is 0. The van der Waals surface area contributed by atoms with E-state index in [4.69, 9.17) is 5.73 Å². The summed E-state index contributed by atoms with van der Waals surface area (Å²) in [4.78, 5) is 25.5. The Bertz CT molecular complexity index is 532. The second-order valence-electron chi connectivity index (χ2n) is 5.35. The van der Waals surface area contributed by atoms with Crippen LogP contribution in [-0.4, -0.2) is 36.3 Å². The van der Waals surface area contributed by atoms with Gasteiger partial charge in [-0.15, -0.1) is 0 Å². The van der Waals surface area contributed by atoms with E-state index in [-0.39, 0.29) is 30.3 Å². The lowest BCUT2D eigenvalue weighted by molar-refractivity contribution is -0.136. The van der Waals surface area contributed by atoms with Gasteiger partial charge in [-0.3, -0.25) is 9.59 Å². The van der Waals surface area contributed by atoms with Gasteiger partial charge in [0.2, 0.25) is 11.8 Å². The molecule has 0 bridgehead atoms. The molecule has 0 spiro atoms. The van der Waals surface area contributed by atoms with Crippen LogP contribution in [0.3, 0.4) is 0 Å².